The van der Waals surface area contributed by atoms with Gasteiger partial charge in [0, 0.05) is 19.1 Å². The van der Waals surface area contributed by atoms with Gasteiger partial charge in [-0.1, -0.05) is 37.1 Å². The lowest BCUT2D eigenvalue weighted by atomic mass is 9.86. The summed E-state index contributed by atoms with van der Waals surface area (Å²) in [6, 6.07) is 8.36. The molecule has 1 aliphatic carbocycles. The molecule has 2 amide bonds. The van der Waals surface area contributed by atoms with E-state index in [-0.39, 0.29) is 18.0 Å². The van der Waals surface area contributed by atoms with E-state index in [1.807, 2.05) is 6.07 Å². The maximum absolute atomic E-state index is 12.2. The van der Waals surface area contributed by atoms with Crippen LogP contribution >= 0.6 is 0 Å². The molecule has 3 rings (SSSR count). The largest absolute Gasteiger partial charge is 0.481 e. The lowest BCUT2D eigenvalue weighted by Crippen LogP contribution is -2.43. The van der Waals surface area contributed by atoms with Gasteiger partial charge in [-0.3, -0.25) is 9.69 Å². The number of nitrogens with zero attached hydrogens (tertiary/aromatic N) is 1. The predicted octanol–water partition coefficient (Wildman–Crippen LogP) is 3.51. The Balaban J connectivity index is 1.41. The summed E-state index contributed by atoms with van der Waals surface area (Å²) < 4.78 is 0. The number of hydrogen-bond acceptors (Lipinski definition) is 3. The normalized spacial score (nSPS) is 23.6. The van der Waals surface area contributed by atoms with Crippen molar-refractivity contribution in [1.29, 1.82) is 0 Å². The van der Waals surface area contributed by atoms with E-state index in [9.17, 15) is 9.59 Å². The molecular formula is C22H33N3O3. The number of nitrogens with one attached hydrogen (secondary N) is 2. The summed E-state index contributed by atoms with van der Waals surface area (Å²) in [6.07, 6.45) is 8.00. The molecule has 154 valence electrons. The molecule has 1 saturated carbocycles. The highest BCUT2D eigenvalue weighted by Crippen LogP contribution is 2.24. The number of rotatable bonds is 6. The molecule has 3 N–H and O–H groups in total. The third-order valence-electron chi connectivity index (χ3n) is 5.96. The topological polar surface area (TPSA) is 81.7 Å². The number of carbonyl (C=O) groups is 2. The van der Waals surface area contributed by atoms with Crippen LogP contribution in [-0.2, 0) is 17.9 Å². The van der Waals surface area contributed by atoms with Crippen LogP contribution in [0, 0.1) is 5.92 Å². The highest BCUT2D eigenvalue weighted by molar-refractivity contribution is 5.74. The van der Waals surface area contributed by atoms with Gasteiger partial charge >= 0.3 is 12.0 Å². The summed E-state index contributed by atoms with van der Waals surface area (Å²) in [5, 5.41) is 15.0. The Morgan fingerprint density at radius 2 is 1.68 bits per heavy atom. The molecular weight excluding hydrogens is 354 g/mol. The SMILES string of the molecule is O=C(NCc1cccc(CN2CCCCCC2)c1)NC1CCC(C(=O)O)CC1. The zero-order chi connectivity index (χ0) is 19.8. The van der Waals surface area contributed by atoms with E-state index in [1.165, 1.54) is 44.3 Å². The standard InChI is InChI=1S/C22H33N3O3/c26-21(27)19-8-10-20(11-9-19)24-22(28)23-15-17-6-5-7-18(14-17)16-25-12-3-1-2-4-13-25/h5-7,14,19-20H,1-4,8-13,15-16H2,(H,26,27)(H2,23,24,28). The summed E-state index contributed by atoms with van der Waals surface area (Å²) in [7, 11) is 0. The van der Waals surface area contributed by atoms with Gasteiger partial charge in [0.1, 0.15) is 0 Å². The molecule has 0 atom stereocenters. The van der Waals surface area contributed by atoms with Crippen LogP contribution in [0.1, 0.15) is 62.5 Å². The molecule has 2 fully saturated rings. The van der Waals surface area contributed by atoms with E-state index in [4.69, 9.17) is 5.11 Å². The Kier molecular flexibility index (Phi) is 7.71. The van der Waals surface area contributed by atoms with Crippen LogP contribution < -0.4 is 10.6 Å². The number of likely N-dealkylation sites (tertiary alicyclic amines) is 1. The number of carboxylic acid groups (broad SMARTS) is 1. The van der Waals surface area contributed by atoms with Gasteiger partial charge in [-0.25, -0.2) is 4.79 Å². The van der Waals surface area contributed by atoms with E-state index in [1.54, 1.807) is 0 Å². The number of aliphatic carboxylic acids is 1. The Morgan fingerprint density at radius 1 is 1.00 bits per heavy atom. The average Bonchev–Trinajstić information content (AvgIpc) is 2.96. The molecule has 0 aromatic heterocycles. The van der Waals surface area contributed by atoms with Crippen molar-refractivity contribution in [2.45, 2.75) is 70.5 Å². The lowest BCUT2D eigenvalue weighted by molar-refractivity contribution is -0.142. The van der Waals surface area contributed by atoms with E-state index >= 15 is 0 Å². The zero-order valence-electron chi connectivity index (χ0n) is 16.7. The van der Waals surface area contributed by atoms with Gasteiger partial charge in [0.15, 0.2) is 0 Å². The summed E-state index contributed by atoms with van der Waals surface area (Å²) in [5.41, 5.74) is 2.41. The van der Waals surface area contributed by atoms with Gasteiger partial charge in [0.25, 0.3) is 0 Å². The number of hydrogen-bond donors (Lipinski definition) is 3. The third-order valence-corrected chi connectivity index (χ3v) is 5.96. The monoisotopic (exact) mass is 387 g/mol. The molecule has 1 aromatic rings. The second-order valence-corrected chi connectivity index (χ2v) is 8.22. The Bertz CT molecular complexity index is 648. The van der Waals surface area contributed by atoms with Crippen molar-refractivity contribution in [2.24, 2.45) is 5.92 Å². The summed E-state index contributed by atoms with van der Waals surface area (Å²) >= 11 is 0. The predicted molar refractivity (Wildman–Crippen MR) is 109 cm³/mol. The smallest absolute Gasteiger partial charge is 0.315 e. The minimum absolute atomic E-state index is 0.0740. The number of carbonyl (C=O) groups excluding carboxylic acids is 1. The van der Waals surface area contributed by atoms with Crippen LogP contribution in [0.4, 0.5) is 4.79 Å². The Labute approximate surface area is 167 Å². The average molecular weight is 388 g/mol. The van der Waals surface area contributed by atoms with Gasteiger partial charge in [0.2, 0.25) is 0 Å². The highest BCUT2D eigenvalue weighted by Gasteiger charge is 2.26. The summed E-state index contributed by atoms with van der Waals surface area (Å²) in [6.45, 7) is 3.83. The zero-order valence-corrected chi connectivity index (χ0v) is 16.7. The van der Waals surface area contributed by atoms with Gasteiger partial charge < -0.3 is 15.7 Å². The molecule has 0 radical (unpaired) electrons. The van der Waals surface area contributed by atoms with E-state index < -0.39 is 5.97 Å². The minimum atomic E-state index is -0.719. The second kappa shape index (κ2) is 10.5. The minimum Gasteiger partial charge on any atom is -0.481 e. The molecule has 0 spiro atoms. The fourth-order valence-corrected chi connectivity index (χ4v) is 4.29. The van der Waals surface area contributed by atoms with Crippen molar-refractivity contribution >= 4 is 12.0 Å². The van der Waals surface area contributed by atoms with Crippen molar-refractivity contribution in [1.82, 2.24) is 15.5 Å². The number of benzene rings is 1. The first kappa shape index (κ1) is 20.6. The number of amides is 2. The lowest BCUT2D eigenvalue weighted by Gasteiger charge is -2.26. The fraction of sp³-hybridized carbons (Fsp3) is 0.636. The van der Waals surface area contributed by atoms with Crippen molar-refractivity contribution in [2.75, 3.05) is 13.1 Å². The molecule has 0 unspecified atom stereocenters. The van der Waals surface area contributed by atoms with Crippen LogP contribution in [-0.4, -0.2) is 41.1 Å². The van der Waals surface area contributed by atoms with Crippen molar-refractivity contribution in [3.05, 3.63) is 35.4 Å². The first-order valence-corrected chi connectivity index (χ1v) is 10.7. The molecule has 1 heterocycles. The quantitative estimate of drug-likeness (QED) is 0.698. The van der Waals surface area contributed by atoms with Crippen molar-refractivity contribution in [3.8, 4) is 0 Å². The molecule has 6 heteroatoms. The Morgan fingerprint density at radius 3 is 2.36 bits per heavy atom. The molecule has 1 aromatic carbocycles. The molecule has 0 bridgehead atoms. The molecule has 28 heavy (non-hydrogen) atoms. The van der Waals surface area contributed by atoms with Crippen molar-refractivity contribution < 1.29 is 14.7 Å². The van der Waals surface area contributed by atoms with E-state index in [0.717, 1.165) is 24.9 Å². The van der Waals surface area contributed by atoms with Crippen LogP contribution in [0.5, 0.6) is 0 Å². The molecule has 6 nitrogen and oxygen atoms in total. The highest BCUT2D eigenvalue weighted by atomic mass is 16.4. The fourth-order valence-electron chi connectivity index (χ4n) is 4.29. The third kappa shape index (κ3) is 6.51. The molecule has 2 aliphatic rings. The van der Waals surface area contributed by atoms with Crippen molar-refractivity contribution in [3.63, 3.8) is 0 Å². The number of urea groups is 1. The van der Waals surface area contributed by atoms with Crippen LogP contribution in [0.15, 0.2) is 24.3 Å². The first-order chi connectivity index (χ1) is 13.6. The molecule has 1 saturated heterocycles. The maximum atomic E-state index is 12.2. The first-order valence-electron chi connectivity index (χ1n) is 10.7. The van der Waals surface area contributed by atoms with Gasteiger partial charge in [0.05, 0.1) is 5.92 Å². The maximum Gasteiger partial charge on any atom is 0.315 e. The van der Waals surface area contributed by atoms with E-state index in [0.29, 0.717) is 19.4 Å². The van der Waals surface area contributed by atoms with Gasteiger partial charge in [-0.15, -0.1) is 0 Å². The Hall–Kier alpha value is -2.08. The van der Waals surface area contributed by atoms with Gasteiger partial charge in [-0.2, -0.15) is 0 Å². The van der Waals surface area contributed by atoms with Crippen LogP contribution in [0.25, 0.3) is 0 Å². The summed E-state index contributed by atoms with van der Waals surface area (Å²) in [4.78, 5) is 25.7. The van der Waals surface area contributed by atoms with Crippen LogP contribution in [0.2, 0.25) is 0 Å². The number of carboxylic acids is 1. The molecule has 1 aliphatic heterocycles. The second-order valence-electron chi connectivity index (χ2n) is 8.22. The van der Waals surface area contributed by atoms with Gasteiger partial charge in [-0.05, 0) is 62.7 Å². The summed E-state index contributed by atoms with van der Waals surface area (Å²) in [5.74, 6) is -0.976. The van der Waals surface area contributed by atoms with Crippen LogP contribution in [0.3, 0.4) is 0 Å². The van der Waals surface area contributed by atoms with E-state index in [2.05, 4.69) is 33.7 Å².